The van der Waals surface area contributed by atoms with Crippen molar-refractivity contribution >= 4 is 24.5 Å². The minimum absolute atomic E-state index is 0. The maximum absolute atomic E-state index is 11.8. The highest BCUT2D eigenvalue weighted by molar-refractivity contribution is 5.85. The van der Waals surface area contributed by atoms with E-state index in [1.807, 2.05) is 0 Å². The molecule has 0 aromatic rings. The Balaban J connectivity index is 0.00000289. The molecule has 0 aliphatic carbocycles. The van der Waals surface area contributed by atoms with Crippen LogP contribution in [0.2, 0.25) is 0 Å². The summed E-state index contributed by atoms with van der Waals surface area (Å²) in [5.74, 6) is -0.851. The highest BCUT2D eigenvalue weighted by Crippen LogP contribution is 2.19. The summed E-state index contributed by atoms with van der Waals surface area (Å²) in [6.45, 7) is 5.94. The van der Waals surface area contributed by atoms with Crippen LogP contribution in [0.3, 0.4) is 0 Å². The number of hydrogen-bond acceptors (Lipinski definition) is 5. The lowest BCUT2D eigenvalue weighted by Crippen LogP contribution is -2.36. The maximum atomic E-state index is 11.8. The van der Waals surface area contributed by atoms with Crippen LogP contribution in [0.15, 0.2) is 0 Å². The lowest BCUT2D eigenvalue weighted by Gasteiger charge is -2.24. The lowest BCUT2D eigenvalue weighted by molar-refractivity contribution is -0.145. The zero-order valence-electron chi connectivity index (χ0n) is 11.1. The molecule has 0 aromatic carbocycles. The molecule has 1 aliphatic heterocycles. The van der Waals surface area contributed by atoms with Crippen molar-refractivity contribution in [1.29, 1.82) is 0 Å². The molecule has 0 radical (unpaired) electrons. The number of ether oxygens (including phenoxy) is 2. The second-order valence-corrected chi connectivity index (χ2v) is 5.18. The molecule has 6 nitrogen and oxygen atoms in total. The first kappa shape index (κ1) is 17.0. The Bertz CT molecular complexity index is 317. The first-order valence-corrected chi connectivity index (χ1v) is 5.56. The van der Waals surface area contributed by atoms with Crippen molar-refractivity contribution in [2.24, 2.45) is 11.7 Å². The summed E-state index contributed by atoms with van der Waals surface area (Å²) in [5.41, 5.74) is 5.25. The van der Waals surface area contributed by atoms with Crippen LogP contribution in [0, 0.1) is 5.92 Å². The Kier molecular flexibility index (Phi) is 5.89. The van der Waals surface area contributed by atoms with Crippen molar-refractivity contribution in [1.82, 2.24) is 4.90 Å². The smallest absolute Gasteiger partial charge is 0.410 e. The summed E-state index contributed by atoms with van der Waals surface area (Å²) in [5, 5.41) is 0. The number of likely N-dealkylation sites (tertiary alicyclic amines) is 1. The van der Waals surface area contributed by atoms with E-state index in [2.05, 4.69) is 4.74 Å². The fourth-order valence-corrected chi connectivity index (χ4v) is 1.71. The SMILES string of the molecule is COC(=O)[C@H]1CN(C(=O)OC(C)(C)C)C[C@H]1N.Cl. The predicted molar refractivity (Wildman–Crippen MR) is 68.5 cm³/mol. The number of carbonyl (C=O) groups excluding carboxylic acids is 2. The Morgan fingerprint density at radius 3 is 2.28 bits per heavy atom. The maximum Gasteiger partial charge on any atom is 0.410 e. The molecule has 1 aliphatic rings. The van der Waals surface area contributed by atoms with Crippen LogP contribution in [0.1, 0.15) is 20.8 Å². The average molecular weight is 281 g/mol. The van der Waals surface area contributed by atoms with Crippen molar-refractivity contribution in [3.63, 3.8) is 0 Å². The van der Waals surface area contributed by atoms with E-state index in [1.165, 1.54) is 12.0 Å². The van der Waals surface area contributed by atoms with E-state index in [0.29, 0.717) is 6.54 Å². The van der Waals surface area contributed by atoms with Crippen molar-refractivity contribution in [2.75, 3.05) is 20.2 Å². The molecule has 106 valence electrons. The molecule has 2 atom stereocenters. The van der Waals surface area contributed by atoms with E-state index in [4.69, 9.17) is 10.5 Å². The quantitative estimate of drug-likeness (QED) is 0.718. The summed E-state index contributed by atoms with van der Waals surface area (Å²) in [6.07, 6.45) is -0.445. The van der Waals surface area contributed by atoms with Crippen LogP contribution in [0.25, 0.3) is 0 Å². The van der Waals surface area contributed by atoms with Crippen LogP contribution in [-0.2, 0) is 14.3 Å². The topological polar surface area (TPSA) is 81.9 Å². The number of hydrogen-bond donors (Lipinski definition) is 1. The third-order valence-corrected chi connectivity index (χ3v) is 2.52. The number of amides is 1. The zero-order valence-corrected chi connectivity index (χ0v) is 12.0. The minimum atomic E-state index is -0.551. The number of carbonyl (C=O) groups is 2. The Morgan fingerprint density at radius 1 is 1.28 bits per heavy atom. The predicted octanol–water partition coefficient (Wildman–Crippen LogP) is 0.775. The normalized spacial score (nSPS) is 23.3. The molecule has 0 spiro atoms. The van der Waals surface area contributed by atoms with E-state index < -0.39 is 23.7 Å². The second-order valence-electron chi connectivity index (χ2n) is 5.18. The monoisotopic (exact) mass is 280 g/mol. The van der Waals surface area contributed by atoms with E-state index in [0.717, 1.165) is 0 Å². The van der Waals surface area contributed by atoms with E-state index in [1.54, 1.807) is 20.8 Å². The van der Waals surface area contributed by atoms with Crippen LogP contribution in [-0.4, -0.2) is 48.8 Å². The van der Waals surface area contributed by atoms with Crippen molar-refractivity contribution in [3.8, 4) is 0 Å². The average Bonchev–Trinajstić information content (AvgIpc) is 2.57. The molecular formula is C11H21ClN2O4. The van der Waals surface area contributed by atoms with Gasteiger partial charge < -0.3 is 20.1 Å². The van der Waals surface area contributed by atoms with E-state index >= 15 is 0 Å². The molecule has 1 rings (SSSR count). The summed E-state index contributed by atoms with van der Waals surface area (Å²) in [4.78, 5) is 24.6. The van der Waals surface area contributed by atoms with Gasteiger partial charge >= 0.3 is 12.1 Å². The molecular weight excluding hydrogens is 260 g/mol. The summed E-state index contributed by atoms with van der Waals surface area (Å²) >= 11 is 0. The fraction of sp³-hybridized carbons (Fsp3) is 0.818. The van der Waals surface area contributed by atoms with Gasteiger partial charge in [-0.1, -0.05) is 0 Å². The fourth-order valence-electron chi connectivity index (χ4n) is 1.71. The Hall–Kier alpha value is -1.01. The van der Waals surface area contributed by atoms with Gasteiger partial charge in [0.15, 0.2) is 0 Å². The molecule has 18 heavy (non-hydrogen) atoms. The van der Waals surface area contributed by atoms with Crippen LogP contribution in [0.5, 0.6) is 0 Å². The highest BCUT2D eigenvalue weighted by atomic mass is 35.5. The van der Waals surface area contributed by atoms with Gasteiger partial charge in [-0.2, -0.15) is 0 Å². The first-order valence-electron chi connectivity index (χ1n) is 5.56. The van der Waals surface area contributed by atoms with Crippen LogP contribution in [0.4, 0.5) is 4.79 Å². The van der Waals surface area contributed by atoms with Gasteiger partial charge in [-0.15, -0.1) is 12.4 Å². The van der Waals surface area contributed by atoms with Gasteiger partial charge in [-0.3, -0.25) is 4.79 Å². The number of halogens is 1. The molecule has 0 bridgehead atoms. The molecule has 1 amide bonds. The number of nitrogens with two attached hydrogens (primary N) is 1. The summed E-state index contributed by atoms with van der Waals surface area (Å²) < 4.78 is 9.85. The van der Waals surface area contributed by atoms with Crippen molar-refractivity contribution in [2.45, 2.75) is 32.4 Å². The number of methoxy groups -OCH3 is 1. The van der Waals surface area contributed by atoms with Crippen molar-refractivity contribution in [3.05, 3.63) is 0 Å². The van der Waals surface area contributed by atoms with E-state index in [9.17, 15) is 9.59 Å². The summed E-state index contributed by atoms with van der Waals surface area (Å²) in [6, 6.07) is -0.394. The van der Waals surface area contributed by atoms with Crippen LogP contribution < -0.4 is 5.73 Å². The van der Waals surface area contributed by atoms with Gasteiger partial charge in [0.2, 0.25) is 0 Å². The number of rotatable bonds is 1. The van der Waals surface area contributed by atoms with Crippen LogP contribution >= 0.6 is 12.4 Å². The molecule has 7 heteroatoms. The minimum Gasteiger partial charge on any atom is -0.469 e. The molecule has 1 heterocycles. The van der Waals surface area contributed by atoms with Gasteiger partial charge in [0.05, 0.1) is 13.0 Å². The lowest BCUT2D eigenvalue weighted by atomic mass is 10.1. The molecule has 0 unspecified atom stereocenters. The third-order valence-electron chi connectivity index (χ3n) is 2.52. The molecule has 1 fully saturated rings. The standard InChI is InChI=1S/C11H20N2O4.ClH/c1-11(2,3)17-10(15)13-5-7(8(12)6-13)9(14)16-4;/h7-8H,5-6,12H2,1-4H3;1H/t7-,8+;/m0./s1. The third kappa shape index (κ3) is 4.34. The van der Waals surface area contributed by atoms with E-state index in [-0.39, 0.29) is 24.9 Å². The van der Waals surface area contributed by atoms with Gasteiger partial charge in [0.25, 0.3) is 0 Å². The van der Waals surface area contributed by atoms with Gasteiger partial charge in [-0.25, -0.2) is 4.79 Å². The largest absolute Gasteiger partial charge is 0.469 e. The molecule has 0 saturated carbocycles. The molecule has 2 N–H and O–H groups in total. The highest BCUT2D eigenvalue weighted by Gasteiger charge is 2.39. The van der Waals surface area contributed by atoms with Gasteiger partial charge in [0, 0.05) is 19.1 Å². The first-order chi connectivity index (χ1) is 7.74. The number of esters is 1. The second kappa shape index (κ2) is 6.24. The molecule has 0 aromatic heterocycles. The summed E-state index contributed by atoms with van der Waals surface area (Å²) in [7, 11) is 1.31. The van der Waals surface area contributed by atoms with Gasteiger partial charge in [-0.05, 0) is 20.8 Å². The zero-order chi connectivity index (χ0) is 13.2. The Labute approximate surface area is 113 Å². The number of nitrogens with zero attached hydrogens (tertiary/aromatic N) is 1. The Morgan fingerprint density at radius 2 is 1.83 bits per heavy atom. The molecule has 1 saturated heterocycles. The van der Waals surface area contributed by atoms with Crippen molar-refractivity contribution < 1.29 is 19.1 Å². The van der Waals surface area contributed by atoms with Gasteiger partial charge in [0.1, 0.15) is 5.60 Å².